The van der Waals surface area contributed by atoms with E-state index < -0.39 is 0 Å². The average molecular weight is 306 g/mol. The summed E-state index contributed by atoms with van der Waals surface area (Å²) in [5, 5.41) is 0. The molecule has 1 aromatic carbocycles. The minimum atomic E-state index is 0.0342. The van der Waals surface area contributed by atoms with Crippen molar-refractivity contribution in [1.82, 2.24) is 4.98 Å². The molecule has 2 rings (SSSR count). The number of ether oxygens (including phenoxy) is 1. The maximum atomic E-state index is 11.2. The van der Waals surface area contributed by atoms with Crippen LogP contribution in [0.3, 0.4) is 0 Å². The first-order valence-electron chi connectivity index (χ1n) is 5.50. The second kappa shape index (κ2) is 5.78. The van der Waals surface area contributed by atoms with E-state index in [0.29, 0.717) is 17.9 Å². The summed E-state index contributed by atoms with van der Waals surface area (Å²) < 4.78 is 6.41. The van der Waals surface area contributed by atoms with Gasteiger partial charge in [0.2, 0.25) is 0 Å². The van der Waals surface area contributed by atoms with Gasteiger partial charge in [-0.05, 0) is 53.2 Å². The molecular formula is C14H12BrNO2. The van der Waals surface area contributed by atoms with E-state index in [1.54, 1.807) is 24.4 Å². The van der Waals surface area contributed by atoms with Crippen molar-refractivity contribution in [3.8, 4) is 5.75 Å². The van der Waals surface area contributed by atoms with E-state index in [0.717, 1.165) is 10.2 Å². The molecule has 0 aliphatic heterocycles. The monoisotopic (exact) mass is 305 g/mol. The molecule has 0 saturated heterocycles. The number of hydrogen-bond acceptors (Lipinski definition) is 3. The number of ketones is 1. The van der Waals surface area contributed by atoms with Crippen LogP contribution in [0.15, 0.2) is 47.1 Å². The number of Topliss-reactive ketones (excluding diaryl/α,β-unsaturated/α-hetero) is 1. The number of nitrogens with zero attached hydrogens (tertiary/aromatic N) is 1. The van der Waals surface area contributed by atoms with Crippen molar-refractivity contribution >= 4 is 21.7 Å². The van der Waals surface area contributed by atoms with Crippen LogP contribution in [0.1, 0.15) is 23.0 Å². The lowest BCUT2D eigenvalue weighted by molar-refractivity contribution is 0.101. The highest BCUT2D eigenvalue weighted by atomic mass is 79.9. The van der Waals surface area contributed by atoms with Crippen molar-refractivity contribution in [2.24, 2.45) is 0 Å². The minimum absolute atomic E-state index is 0.0342. The zero-order valence-electron chi connectivity index (χ0n) is 9.89. The fourth-order valence-corrected chi connectivity index (χ4v) is 1.97. The Morgan fingerprint density at radius 1 is 1.33 bits per heavy atom. The lowest BCUT2D eigenvalue weighted by atomic mass is 10.1. The molecule has 4 heteroatoms. The Morgan fingerprint density at radius 3 is 2.78 bits per heavy atom. The number of carbonyl (C=O) groups excluding carboxylic acids is 1. The SMILES string of the molecule is CC(=O)c1ccc(OCc2ccccn2)c(Br)c1. The van der Waals surface area contributed by atoms with Crippen molar-refractivity contribution in [1.29, 1.82) is 0 Å². The van der Waals surface area contributed by atoms with E-state index in [2.05, 4.69) is 20.9 Å². The Labute approximate surface area is 114 Å². The van der Waals surface area contributed by atoms with Gasteiger partial charge in [0, 0.05) is 11.8 Å². The van der Waals surface area contributed by atoms with Gasteiger partial charge in [0.25, 0.3) is 0 Å². The largest absolute Gasteiger partial charge is 0.486 e. The average Bonchev–Trinajstić information content (AvgIpc) is 2.38. The predicted molar refractivity (Wildman–Crippen MR) is 72.7 cm³/mol. The summed E-state index contributed by atoms with van der Waals surface area (Å²) in [6.45, 7) is 1.94. The molecule has 0 spiro atoms. The van der Waals surface area contributed by atoms with Crippen molar-refractivity contribution < 1.29 is 9.53 Å². The first-order chi connectivity index (χ1) is 8.66. The highest BCUT2D eigenvalue weighted by Crippen LogP contribution is 2.26. The molecule has 0 atom stereocenters. The lowest BCUT2D eigenvalue weighted by Crippen LogP contribution is -1.99. The molecule has 3 nitrogen and oxygen atoms in total. The molecule has 0 radical (unpaired) electrons. The van der Waals surface area contributed by atoms with Crippen LogP contribution in [0.4, 0.5) is 0 Å². The molecule has 0 saturated carbocycles. The maximum absolute atomic E-state index is 11.2. The van der Waals surface area contributed by atoms with Gasteiger partial charge in [-0.1, -0.05) is 6.07 Å². The fourth-order valence-electron chi connectivity index (χ4n) is 1.47. The number of aromatic nitrogens is 1. The molecule has 0 N–H and O–H groups in total. The first kappa shape index (κ1) is 12.8. The van der Waals surface area contributed by atoms with Crippen molar-refractivity contribution in [3.63, 3.8) is 0 Å². The molecule has 2 aromatic rings. The number of carbonyl (C=O) groups is 1. The summed E-state index contributed by atoms with van der Waals surface area (Å²) in [7, 11) is 0. The van der Waals surface area contributed by atoms with E-state index in [1.807, 2.05) is 18.2 Å². The van der Waals surface area contributed by atoms with Crippen LogP contribution in [0, 0.1) is 0 Å². The maximum Gasteiger partial charge on any atom is 0.159 e. The van der Waals surface area contributed by atoms with Crippen LogP contribution >= 0.6 is 15.9 Å². The quantitative estimate of drug-likeness (QED) is 0.810. The van der Waals surface area contributed by atoms with Crippen LogP contribution in [-0.2, 0) is 6.61 Å². The van der Waals surface area contributed by atoms with Gasteiger partial charge >= 0.3 is 0 Å². The van der Waals surface area contributed by atoms with Crippen molar-refractivity contribution in [2.75, 3.05) is 0 Å². The normalized spacial score (nSPS) is 10.1. The Bertz CT molecular complexity index is 555. The lowest BCUT2D eigenvalue weighted by Gasteiger charge is -2.08. The first-order valence-corrected chi connectivity index (χ1v) is 6.29. The molecule has 92 valence electrons. The summed E-state index contributed by atoms with van der Waals surface area (Å²) in [6.07, 6.45) is 1.73. The van der Waals surface area contributed by atoms with Gasteiger partial charge < -0.3 is 4.74 Å². The molecule has 18 heavy (non-hydrogen) atoms. The second-order valence-corrected chi connectivity index (χ2v) is 4.67. The Balaban J connectivity index is 2.08. The van der Waals surface area contributed by atoms with Gasteiger partial charge in [0.15, 0.2) is 5.78 Å². The predicted octanol–water partition coefficient (Wildman–Crippen LogP) is 3.63. The van der Waals surface area contributed by atoms with E-state index in [9.17, 15) is 4.79 Å². The molecule has 0 aliphatic rings. The van der Waals surface area contributed by atoms with Crippen LogP contribution in [0.5, 0.6) is 5.75 Å². The highest BCUT2D eigenvalue weighted by molar-refractivity contribution is 9.10. The Hall–Kier alpha value is -1.68. The zero-order chi connectivity index (χ0) is 13.0. The van der Waals surface area contributed by atoms with Gasteiger partial charge in [-0.3, -0.25) is 9.78 Å². The van der Waals surface area contributed by atoms with Gasteiger partial charge in [-0.25, -0.2) is 0 Å². The number of rotatable bonds is 4. The third kappa shape index (κ3) is 3.17. The zero-order valence-corrected chi connectivity index (χ0v) is 11.5. The molecule has 0 unspecified atom stereocenters. The van der Waals surface area contributed by atoms with Crippen LogP contribution < -0.4 is 4.74 Å². The minimum Gasteiger partial charge on any atom is -0.486 e. The second-order valence-electron chi connectivity index (χ2n) is 3.81. The fraction of sp³-hybridized carbons (Fsp3) is 0.143. The van der Waals surface area contributed by atoms with Crippen LogP contribution in [-0.4, -0.2) is 10.8 Å². The molecule has 1 aromatic heterocycles. The molecular weight excluding hydrogens is 294 g/mol. The van der Waals surface area contributed by atoms with Gasteiger partial charge in [0.05, 0.1) is 10.2 Å². The Kier molecular flexibility index (Phi) is 4.10. The van der Waals surface area contributed by atoms with Crippen LogP contribution in [0.25, 0.3) is 0 Å². The van der Waals surface area contributed by atoms with Crippen molar-refractivity contribution in [2.45, 2.75) is 13.5 Å². The number of hydrogen-bond donors (Lipinski definition) is 0. The number of benzene rings is 1. The van der Waals surface area contributed by atoms with E-state index in [4.69, 9.17) is 4.74 Å². The van der Waals surface area contributed by atoms with E-state index in [-0.39, 0.29) is 5.78 Å². The van der Waals surface area contributed by atoms with E-state index >= 15 is 0 Å². The third-order valence-electron chi connectivity index (χ3n) is 2.44. The summed E-state index contributed by atoms with van der Waals surface area (Å²) >= 11 is 3.39. The molecule has 0 fully saturated rings. The summed E-state index contributed by atoms with van der Waals surface area (Å²) in [5.41, 5.74) is 1.52. The van der Waals surface area contributed by atoms with Gasteiger partial charge in [0.1, 0.15) is 12.4 Å². The smallest absolute Gasteiger partial charge is 0.159 e. The molecule has 0 bridgehead atoms. The van der Waals surface area contributed by atoms with Gasteiger partial charge in [-0.2, -0.15) is 0 Å². The topological polar surface area (TPSA) is 39.2 Å². The summed E-state index contributed by atoms with van der Waals surface area (Å²) in [4.78, 5) is 15.4. The number of halogens is 1. The number of pyridine rings is 1. The Morgan fingerprint density at radius 2 is 2.17 bits per heavy atom. The van der Waals surface area contributed by atoms with Gasteiger partial charge in [-0.15, -0.1) is 0 Å². The standard InChI is InChI=1S/C14H12BrNO2/c1-10(17)11-5-6-14(13(15)8-11)18-9-12-4-2-3-7-16-12/h2-8H,9H2,1H3. The van der Waals surface area contributed by atoms with Crippen LogP contribution in [0.2, 0.25) is 0 Å². The summed E-state index contributed by atoms with van der Waals surface area (Å²) in [6, 6.07) is 11.0. The van der Waals surface area contributed by atoms with Crippen molar-refractivity contribution in [3.05, 3.63) is 58.3 Å². The molecule has 1 heterocycles. The summed E-state index contributed by atoms with van der Waals surface area (Å²) in [5.74, 6) is 0.734. The molecule has 0 amide bonds. The highest BCUT2D eigenvalue weighted by Gasteiger charge is 2.06. The molecule has 0 aliphatic carbocycles. The third-order valence-corrected chi connectivity index (χ3v) is 3.06. The van der Waals surface area contributed by atoms with E-state index in [1.165, 1.54) is 6.92 Å².